The minimum absolute atomic E-state index is 0.0136. The lowest BCUT2D eigenvalue weighted by Crippen LogP contribution is -2.36. The monoisotopic (exact) mass is 587 g/mol. The predicted octanol–water partition coefficient (Wildman–Crippen LogP) is 0.671. The van der Waals surface area contributed by atoms with E-state index in [0.29, 0.717) is 46.8 Å². The Morgan fingerprint density at radius 2 is 1.35 bits per heavy atom. The molecule has 15 nitrogen and oxygen atoms in total. The molecule has 0 aliphatic rings. The van der Waals surface area contributed by atoms with E-state index in [2.05, 4.69) is 41.2 Å². The zero-order valence-electron chi connectivity index (χ0n) is 21.2. The van der Waals surface area contributed by atoms with Gasteiger partial charge in [-0.05, 0) is 13.0 Å². The number of carbonyl (C=O) groups is 4. The Morgan fingerprint density at radius 3 is 1.90 bits per heavy atom. The molecule has 40 heavy (non-hydrogen) atoms. The van der Waals surface area contributed by atoms with E-state index < -0.39 is 11.8 Å². The van der Waals surface area contributed by atoms with E-state index in [4.69, 9.17) is 14.6 Å². The van der Waals surface area contributed by atoms with E-state index in [-0.39, 0.29) is 48.7 Å². The maximum Gasteiger partial charge on any atom is 0.271 e. The van der Waals surface area contributed by atoms with E-state index >= 15 is 0 Å². The molecule has 4 amide bonds. The van der Waals surface area contributed by atoms with Crippen LogP contribution in [0.25, 0.3) is 21.4 Å². The van der Waals surface area contributed by atoms with Crippen molar-refractivity contribution >= 4 is 46.3 Å². The highest BCUT2D eigenvalue weighted by Crippen LogP contribution is 2.24. The van der Waals surface area contributed by atoms with E-state index in [0.717, 1.165) is 0 Å². The number of amides is 4. The first-order valence-corrected chi connectivity index (χ1v) is 13.7. The molecule has 4 aromatic heterocycles. The zero-order valence-corrected chi connectivity index (χ0v) is 22.8. The van der Waals surface area contributed by atoms with Crippen molar-refractivity contribution in [2.24, 2.45) is 5.73 Å². The van der Waals surface area contributed by atoms with Crippen LogP contribution in [0.15, 0.2) is 32.1 Å². The highest BCUT2D eigenvalue weighted by molar-refractivity contribution is 7.13. The summed E-state index contributed by atoms with van der Waals surface area (Å²) in [6.07, 6.45) is 3.44. The molecule has 0 fully saturated rings. The Morgan fingerprint density at radius 1 is 0.800 bits per heavy atom. The molecule has 0 saturated carbocycles. The summed E-state index contributed by atoms with van der Waals surface area (Å²) in [5, 5.41) is 14.5. The molecule has 210 valence electrons. The summed E-state index contributed by atoms with van der Waals surface area (Å²) in [6, 6.07) is 0. The fourth-order valence-electron chi connectivity index (χ4n) is 3.05. The number of carbonyl (C=O) groups excluding carboxylic acids is 4. The van der Waals surface area contributed by atoms with Gasteiger partial charge in [-0.3, -0.25) is 19.2 Å². The molecular formula is C23H25N9O6S2. The smallest absolute Gasteiger partial charge is 0.271 e. The van der Waals surface area contributed by atoms with Crippen molar-refractivity contribution in [1.29, 1.82) is 0 Å². The molecule has 0 atom stereocenters. The second kappa shape index (κ2) is 13.5. The Kier molecular flexibility index (Phi) is 9.66. The SMILES string of the molecule is CC(=O)NCc1nc(-c2nc(C(=O)NCC(=O)NCc3nc(-c4nc(C(=O)NCCCN)cs4)co3)cs2)co1. The van der Waals surface area contributed by atoms with Crippen molar-refractivity contribution in [2.75, 3.05) is 19.6 Å². The summed E-state index contributed by atoms with van der Waals surface area (Å²) >= 11 is 2.42. The molecule has 17 heteroatoms. The molecule has 0 spiro atoms. The number of nitrogens with zero attached hydrogens (tertiary/aromatic N) is 4. The lowest BCUT2D eigenvalue weighted by Gasteiger charge is -2.04. The lowest BCUT2D eigenvalue weighted by atomic mass is 10.4. The standard InChI is InChI=1S/C23H25N9O6S2/c1-12(33)26-6-18-29-13(8-37-18)23-32-16(11-40-23)21(36)28-5-17(34)27-7-19-30-14(9-38-19)22-31-15(10-39-22)20(35)25-4-2-3-24/h8-11H,2-7,24H2,1H3,(H,25,35)(H,26,33)(H,27,34)(H,28,36). The summed E-state index contributed by atoms with van der Waals surface area (Å²) in [5.74, 6) is -0.979. The van der Waals surface area contributed by atoms with Gasteiger partial charge >= 0.3 is 0 Å². The molecular weight excluding hydrogens is 562 g/mol. The van der Waals surface area contributed by atoms with Crippen LogP contribution in [0.1, 0.15) is 46.1 Å². The van der Waals surface area contributed by atoms with Gasteiger partial charge in [0.15, 0.2) is 0 Å². The van der Waals surface area contributed by atoms with Gasteiger partial charge in [0.05, 0.1) is 19.6 Å². The lowest BCUT2D eigenvalue weighted by molar-refractivity contribution is -0.120. The first-order valence-electron chi connectivity index (χ1n) is 11.9. The van der Waals surface area contributed by atoms with Gasteiger partial charge in [0.2, 0.25) is 23.6 Å². The number of aromatic nitrogens is 4. The average molecular weight is 588 g/mol. The van der Waals surface area contributed by atoms with Crippen LogP contribution in [0.3, 0.4) is 0 Å². The van der Waals surface area contributed by atoms with E-state index in [1.54, 1.807) is 5.38 Å². The molecule has 4 rings (SSSR count). The summed E-state index contributed by atoms with van der Waals surface area (Å²) < 4.78 is 10.7. The van der Waals surface area contributed by atoms with Crippen molar-refractivity contribution in [2.45, 2.75) is 26.4 Å². The molecule has 0 saturated heterocycles. The minimum atomic E-state index is -0.537. The van der Waals surface area contributed by atoms with Gasteiger partial charge in [-0.25, -0.2) is 19.9 Å². The van der Waals surface area contributed by atoms with Gasteiger partial charge in [-0.15, -0.1) is 22.7 Å². The third-order valence-electron chi connectivity index (χ3n) is 5.02. The van der Waals surface area contributed by atoms with Gasteiger partial charge in [-0.2, -0.15) is 0 Å². The molecule has 6 N–H and O–H groups in total. The largest absolute Gasteiger partial charge is 0.446 e. The third kappa shape index (κ3) is 7.78. The number of rotatable bonds is 13. The van der Waals surface area contributed by atoms with Gasteiger partial charge in [0.25, 0.3) is 11.8 Å². The molecule has 4 aromatic rings. The second-order valence-electron chi connectivity index (χ2n) is 8.10. The maximum atomic E-state index is 12.4. The Hall–Kier alpha value is -4.48. The highest BCUT2D eigenvalue weighted by Gasteiger charge is 2.17. The third-order valence-corrected chi connectivity index (χ3v) is 6.75. The second-order valence-corrected chi connectivity index (χ2v) is 9.81. The van der Waals surface area contributed by atoms with Crippen LogP contribution >= 0.6 is 22.7 Å². The Balaban J connectivity index is 1.22. The van der Waals surface area contributed by atoms with Crippen molar-refractivity contribution in [3.63, 3.8) is 0 Å². The summed E-state index contributed by atoms with van der Waals surface area (Å²) in [7, 11) is 0. The molecule has 0 aliphatic heterocycles. The van der Waals surface area contributed by atoms with Crippen LogP contribution in [0.4, 0.5) is 0 Å². The van der Waals surface area contributed by atoms with Crippen molar-refractivity contribution < 1.29 is 28.0 Å². The summed E-state index contributed by atoms with van der Waals surface area (Å²) in [4.78, 5) is 64.8. The van der Waals surface area contributed by atoms with Crippen molar-refractivity contribution in [3.05, 3.63) is 46.5 Å². The topological polar surface area (TPSA) is 220 Å². The van der Waals surface area contributed by atoms with E-state index in [1.807, 2.05) is 0 Å². The number of oxazole rings is 2. The predicted molar refractivity (Wildman–Crippen MR) is 143 cm³/mol. The molecule has 0 bridgehead atoms. The first-order chi connectivity index (χ1) is 19.3. The highest BCUT2D eigenvalue weighted by atomic mass is 32.1. The minimum Gasteiger partial charge on any atom is -0.446 e. The van der Waals surface area contributed by atoms with Crippen LogP contribution in [-0.4, -0.2) is 63.2 Å². The van der Waals surface area contributed by atoms with Gasteiger partial charge in [0, 0.05) is 24.2 Å². The van der Waals surface area contributed by atoms with Gasteiger partial charge in [0.1, 0.15) is 45.3 Å². The normalized spacial score (nSPS) is 10.8. The molecule has 0 aliphatic carbocycles. The maximum absolute atomic E-state index is 12.4. The van der Waals surface area contributed by atoms with Gasteiger partial charge in [-0.1, -0.05) is 0 Å². The summed E-state index contributed by atoms with van der Waals surface area (Å²) in [5.41, 5.74) is 6.66. The van der Waals surface area contributed by atoms with Crippen LogP contribution < -0.4 is 27.0 Å². The fraction of sp³-hybridized carbons (Fsp3) is 0.304. The molecule has 4 heterocycles. The van der Waals surface area contributed by atoms with Gasteiger partial charge < -0.3 is 35.8 Å². The first kappa shape index (κ1) is 28.5. The van der Waals surface area contributed by atoms with Crippen LogP contribution in [0, 0.1) is 0 Å². The summed E-state index contributed by atoms with van der Waals surface area (Å²) in [6.45, 7) is 2.16. The van der Waals surface area contributed by atoms with E-state index in [9.17, 15) is 19.2 Å². The quantitative estimate of drug-likeness (QED) is 0.137. The number of nitrogens with two attached hydrogens (primary N) is 1. The van der Waals surface area contributed by atoms with Crippen molar-refractivity contribution in [1.82, 2.24) is 41.2 Å². The Bertz CT molecular complexity index is 1490. The van der Waals surface area contributed by atoms with Crippen LogP contribution in [0.5, 0.6) is 0 Å². The van der Waals surface area contributed by atoms with Crippen LogP contribution in [0.2, 0.25) is 0 Å². The van der Waals surface area contributed by atoms with Crippen molar-refractivity contribution in [3.8, 4) is 21.4 Å². The average Bonchev–Trinajstić information content (AvgIpc) is 3.75. The van der Waals surface area contributed by atoms with E-state index in [1.165, 1.54) is 47.5 Å². The number of nitrogens with one attached hydrogen (secondary N) is 4. The number of hydrogen-bond acceptors (Lipinski definition) is 13. The number of hydrogen-bond donors (Lipinski definition) is 5. The molecule has 0 unspecified atom stereocenters. The Labute approximate surface area is 235 Å². The zero-order chi connectivity index (χ0) is 28.5. The van der Waals surface area contributed by atoms with Crippen LogP contribution in [-0.2, 0) is 22.7 Å². The fourth-order valence-corrected chi connectivity index (χ4v) is 4.55. The number of thiazole rings is 2. The molecule has 0 radical (unpaired) electrons. The molecule has 0 aromatic carbocycles.